The van der Waals surface area contributed by atoms with Crippen molar-refractivity contribution in [3.05, 3.63) is 415 Å². The first-order valence-corrected chi connectivity index (χ1v) is 50.8. The highest BCUT2D eigenvalue weighted by atomic mass is 16.5. The molecule has 0 saturated heterocycles. The highest BCUT2D eigenvalue weighted by Crippen LogP contribution is 2.55. The quantitative estimate of drug-likeness (QED) is 0.165. The Morgan fingerprint density at radius 2 is 0.556 bits per heavy atom. The van der Waals surface area contributed by atoms with Crippen molar-refractivity contribution in [2.45, 2.75) is 72.1 Å². The summed E-state index contributed by atoms with van der Waals surface area (Å²) in [7, 11) is 0. The third-order valence-electron chi connectivity index (χ3n) is 34.0. The van der Waals surface area contributed by atoms with Crippen LogP contribution in [0.1, 0.15) is 86.4 Å². The zero-order chi connectivity index (χ0) is 94.9. The second-order valence-corrected chi connectivity index (χ2v) is 43.5. The normalized spacial score (nSPS) is 14.3. The molecule has 34 rings (SSSR count). The standard InChI is InChI=1S/C80H47B2N3O2.C51H40B2N2O2/c1-45-79-64(81-62-29-16-27-57-52-22-8-9-26-56(52)74(75(57)62)61-40-48(42-72(86-79)76(61)81)46-34-36-69-59(38-46)54-24-11-13-31-66(54)83(69)50-18-4-2-5-19-50)44-65-80(45)87-73-43-49(41-71-77(73)82(65)63-30-17-28-58-53-23-10-15-33-68(53)85(71)78(58)63)47-35-37-70-60(39-47)55-25-12-14-32-67(55)84(70)51-20-6-3-7-21-51;1-27-48-36(52-34-18-12-16-32-30-14-8-10-20-38(30)54(46(32)34)40-22-28(50(2,3)4)24-42(56-48)44(40)52)26-37-49(27)57-43-25-29(51(5,6)7)23-41-45(43)53(37)35-19-13-17-33-31-15-9-11-21-39(31)55(41)47(33)35/h2-44,74H,1H3;8-26H,1-7H3. The Balaban J connectivity index is 0.000000138. The zero-order valence-corrected chi connectivity index (χ0v) is 80.6. The van der Waals surface area contributed by atoms with Gasteiger partial charge in [0, 0.05) is 116 Å². The molecule has 0 saturated carbocycles. The SMILES string of the molecule is Cc1c2c(cc3c1Oc1cc(-c4ccc5c(c4)c4ccccc4n5-c4ccccc4)cc4c1B3c1cccc3c5ccccc5n-4c13)B1c3cccc4c3C(c3ccccc3-4)c3cc(-c4ccc5c(c4)c4ccccc4n5-c4ccccc4)cc(c31)O2.Cc1c2c(cc3c1Oc1cc(C(C)(C)C)cc4c1B3c1cccc3c5ccccc5n-4c13)B1c3c(cc(C(C)(C)C)cc3-n3c4ccccc4c4cccc1c43)O2. The van der Waals surface area contributed by atoms with Crippen LogP contribution in [0.3, 0.4) is 0 Å². The van der Waals surface area contributed by atoms with Gasteiger partial charge in [0.1, 0.15) is 46.0 Å². The maximum atomic E-state index is 7.68. The molecule has 13 heteroatoms. The second-order valence-electron chi connectivity index (χ2n) is 43.5. The molecule has 9 nitrogen and oxygen atoms in total. The summed E-state index contributed by atoms with van der Waals surface area (Å²) in [5.74, 6) is 7.32. The maximum Gasteiger partial charge on any atom is 0.256 e. The molecule has 1 atom stereocenters. The highest BCUT2D eigenvalue weighted by Gasteiger charge is 2.52. The molecule has 144 heavy (non-hydrogen) atoms. The summed E-state index contributed by atoms with van der Waals surface area (Å²) in [6.07, 6.45) is 0. The lowest BCUT2D eigenvalue weighted by Gasteiger charge is -2.39. The van der Waals surface area contributed by atoms with Gasteiger partial charge in [-0.15, -0.1) is 0 Å². The van der Waals surface area contributed by atoms with Crippen molar-refractivity contribution in [1.29, 1.82) is 0 Å². The zero-order valence-electron chi connectivity index (χ0n) is 80.6. The Morgan fingerprint density at radius 3 is 0.986 bits per heavy atom. The first-order chi connectivity index (χ1) is 70.6. The molecule has 0 radical (unpaired) electrons. The molecule has 0 fully saturated rings. The van der Waals surface area contributed by atoms with E-state index in [0.717, 1.165) is 96.4 Å². The summed E-state index contributed by atoms with van der Waals surface area (Å²) in [6, 6.07) is 141. The number of rotatable bonds is 4. The highest BCUT2D eigenvalue weighted by molar-refractivity contribution is 7.03. The van der Waals surface area contributed by atoms with Gasteiger partial charge in [-0.1, -0.05) is 302 Å². The fourth-order valence-corrected chi connectivity index (χ4v) is 27.9. The van der Waals surface area contributed by atoms with Crippen LogP contribution in [0.5, 0.6) is 46.0 Å². The second kappa shape index (κ2) is 28.0. The van der Waals surface area contributed by atoms with Gasteiger partial charge in [-0.2, -0.15) is 0 Å². The Labute approximate surface area is 832 Å². The van der Waals surface area contributed by atoms with Gasteiger partial charge in [0.15, 0.2) is 0 Å². The van der Waals surface area contributed by atoms with Gasteiger partial charge >= 0.3 is 0 Å². The molecule has 0 spiro atoms. The number of ether oxygens (including phenoxy) is 4. The van der Waals surface area contributed by atoms with Crippen LogP contribution in [0, 0.1) is 13.8 Å². The lowest BCUT2D eigenvalue weighted by atomic mass is 9.29. The van der Waals surface area contributed by atoms with Gasteiger partial charge in [-0.3, -0.25) is 0 Å². The van der Waals surface area contributed by atoms with E-state index in [0.29, 0.717) is 0 Å². The van der Waals surface area contributed by atoms with E-state index in [1.54, 1.807) is 0 Å². The van der Waals surface area contributed by atoms with Crippen LogP contribution in [0.4, 0.5) is 0 Å². The molecule has 5 aromatic heterocycles. The van der Waals surface area contributed by atoms with Gasteiger partial charge < -0.3 is 41.8 Å². The molecular weight excluding hydrogens is 1750 g/mol. The van der Waals surface area contributed by atoms with Gasteiger partial charge in [-0.05, 0) is 267 Å². The Hall–Kier alpha value is -17.1. The smallest absolute Gasteiger partial charge is 0.256 e. The summed E-state index contributed by atoms with van der Waals surface area (Å²) in [5, 5.41) is 12.6. The molecule has 13 heterocycles. The molecule has 1 aliphatic carbocycles. The molecule has 672 valence electrons. The van der Waals surface area contributed by atoms with Crippen molar-refractivity contribution >= 4 is 201 Å². The van der Waals surface area contributed by atoms with Crippen LogP contribution in [0.2, 0.25) is 0 Å². The average Bonchev–Trinajstić information content (AvgIpc) is 1.40. The molecule has 0 bridgehead atoms. The lowest BCUT2D eigenvalue weighted by Crippen LogP contribution is -2.63. The molecule has 25 aromatic rings. The molecular formula is C131H87B4N5O4. The third-order valence-corrected chi connectivity index (χ3v) is 34.0. The third kappa shape index (κ3) is 10.3. The van der Waals surface area contributed by atoms with Crippen molar-refractivity contribution in [3.63, 3.8) is 0 Å². The number of hydrogen-bond acceptors (Lipinski definition) is 4. The average molecular weight is 1840 g/mol. The van der Waals surface area contributed by atoms with Crippen molar-refractivity contribution in [1.82, 2.24) is 22.8 Å². The van der Waals surface area contributed by atoms with Crippen LogP contribution in [-0.4, -0.2) is 49.7 Å². The number of aromatic nitrogens is 5. The predicted molar refractivity (Wildman–Crippen MR) is 600 cm³/mol. The summed E-state index contributed by atoms with van der Waals surface area (Å²) >= 11 is 0. The van der Waals surface area contributed by atoms with E-state index < -0.39 is 0 Å². The lowest BCUT2D eigenvalue weighted by molar-refractivity contribution is 0.455. The van der Waals surface area contributed by atoms with Crippen molar-refractivity contribution in [3.8, 4) is 108 Å². The molecule has 8 aliphatic heterocycles. The minimum atomic E-state index is -0.114. The van der Waals surface area contributed by atoms with Crippen LogP contribution < -0.4 is 84.5 Å². The van der Waals surface area contributed by atoms with E-state index in [-0.39, 0.29) is 43.6 Å². The van der Waals surface area contributed by atoms with Gasteiger partial charge in [0.2, 0.25) is 0 Å². The summed E-state index contributed by atoms with van der Waals surface area (Å²) in [6.45, 7) is 18.0. The van der Waals surface area contributed by atoms with Gasteiger partial charge in [0.05, 0.1) is 38.6 Å². The van der Waals surface area contributed by atoms with Crippen LogP contribution in [-0.2, 0) is 10.8 Å². The number of fused-ring (bicyclic) bond motifs is 34. The monoisotopic (exact) mass is 1840 g/mol. The number of benzene rings is 20. The largest absolute Gasteiger partial charge is 0.458 e. The van der Waals surface area contributed by atoms with Gasteiger partial charge in [0.25, 0.3) is 26.9 Å². The summed E-state index contributed by atoms with van der Waals surface area (Å²) < 4.78 is 42.3. The van der Waals surface area contributed by atoms with E-state index in [9.17, 15) is 0 Å². The predicted octanol–water partition coefficient (Wildman–Crippen LogP) is 24.3. The molecule has 9 aliphatic rings. The molecule has 1 unspecified atom stereocenters. The number of nitrogens with zero attached hydrogens (tertiary/aromatic N) is 5. The van der Waals surface area contributed by atoms with E-state index in [2.05, 4.69) is 454 Å². The van der Waals surface area contributed by atoms with Crippen LogP contribution in [0.15, 0.2) is 376 Å². The van der Waals surface area contributed by atoms with Crippen molar-refractivity contribution in [2.24, 2.45) is 0 Å². The fraction of sp³-hybridized carbons (Fsp3) is 0.0840. The summed E-state index contributed by atoms with van der Waals surface area (Å²) in [5.41, 5.74) is 48.9. The molecule has 0 N–H and O–H groups in total. The van der Waals surface area contributed by atoms with Crippen molar-refractivity contribution in [2.75, 3.05) is 0 Å². The van der Waals surface area contributed by atoms with Crippen LogP contribution >= 0.6 is 0 Å². The Bertz CT molecular complexity index is 10100. The minimum absolute atomic E-state index is 0.00718. The Morgan fingerprint density at radius 1 is 0.229 bits per heavy atom. The first kappa shape index (κ1) is 79.6. The first-order valence-electron chi connectivity index (χ1n) is 50.8. The van der Waals surface area contributed by atoms with E-state index in [1.807, 2.05) is 0 Å². The number of hydrogen-bond donors (Lipinski definition) is 0. The van der Waals surface area contributed by atoms with Crippen molar-refractivity contribution < 1.29 is 18.9 Å². The Kier molecular flexibility index (Phi) is 15.5. The minimum Gasteiger partial charge on any atom is -0.458 e. The van der Waals surface area contributed by atoms with E-state index in [4.69, 9.17) is 18.9 Å². The fourth-order valence-electron chi connectivity index (χ4n) is 27.9. The maximum absolute atomic E-state index is 7.68. The topological polar surface area (TPSA) is 61.6 Å². The number of para-hydroxylation sites is 10. The van der Waals surface area contributed by atoms with Gasteiger partial charge in [-0.25, -0.2) is 0 Å². The van der Waals surface area contributed by atoms with E-state index >= 15 is 0 Å². The van der Waals surface area contributed by atoms with Crippen LogP contribution in [0.25, 0.3) is 171 Å². The molecule has 0 amide bonds. The summed E-state index contributed by atoms with van der Waals surface area (Å²) in [4.78, 5) is 0. The van der Waals surface area contributed by atoms with E-state index in [1.165, 1.54) is 225 Å². The molecule has 20 aromatic carbocycles.